The molecule has 1 aromatic heterocycles. The smallest absolute Gasteiger partial charge is 0.243 e. The number of rotatable bonds is 8. The van der Waals surface area contributed by atoms with Gasteiger partial charge in [0.25, 0.3) is 0 Å². The molecule has 0 spiro atoms. The van der Waals surface area contributed by atoms with Crippen molar-refractivity contribution in [2.45, 2.75) is 22.9 Å². The minimum absolute atomic E-state index is 0.0281. The first-order valence-corrected chi connectivity index (χ1v) is 11.3. The summed E-state index contributed by atoms with van der Waals surface area (Å²) in [6.45, 7) is 1.19. The van der Waals surface area contributed by atoms with Gasteiger partial charge in [0.2, 0.25) is 15.9 Å². The van der Waals surface area contributed by atoms with Gasteiger partial charge in [-0.05, 0) is 37.1 Å². The summed E-state index contributed by atoms with van der Waals surface area (Å²) in [4.78, 5) is 16.6. The van der Waals surface area contributed by atoms with E-state index in [1.165, 1.54) is 29.5 Å². The highest BCUT2D eigenvalue weighted by molar-refractivity contribution is 7.99. The van der Waals surface area contributed by atoms with E-state index in [0.717, 1.165) is 0 Å². The first-order chi connectivity index (χ1) is 13.5. The zero-order valence-electron chi connectivity index (χ0n) is 15.5. The third-order valence-electron chi connectivity index (χ3n) is 4.55. The number of nitrogens with zero attached hydrogens (tertiary/aromatic N) is 3. The summed E-state index contributed by atoms with van der Waals surface area (Å²) < 4.78 is 32.0. The molecule has 3 rings (SSSR count). The van der Waals surface area contributed by atoms with Crippen LogP contribution in [0.5, 0.6) is 5.75 Å². The number of H-pyrrole nitrogens is 1. The molecule has 0 aliphatic carbocycles. The number of hydrogen-bond acceptors (Lipinski definition) is 7. The van der Waals surface area contributed by atoms with Gasteiger partial charge in [-0.1, -0.05) is 11.8 Å². The molecule has 152 valence electrons. The summed E-state index contributed by atoms with van der Waals surface area (Å²) in [6, 6.07) is 6.34. The summed E-state index contributed by atoms with van der Waals surface area (Å²) in [5, 5.41) is 10.1. The molecule has 1 aromatic carbocycles. The molecule has 28 heavy (non-hydrogen) atoms. The second-order valence-corrected chi connectivity index (χ2v) is 9.31. The standard InChI is InChI=1S/C17H23N5O4S2/c1-26-14-2-4-15(5-3-14)28(24,25)22-9-6-13(7-10-22)16(23)18-8-11-27-17-19-12-20-21-17/h2-5,12-13H,6-11H2,1H3,(H,18,23)(H,19,20,21). The SMILES string of the molecule is COc1ccc(S(=O)(=O)N2CCC(C(=O)NCCSc3ncn[nH]3)CC2)cc1. The van der Waals surface area contributed by atoms with Gasteiger partial charge in [-0.15, -0.1) is 0 Å². The van der Waals surface area contributed by atoms with Gasteiger partial charge in [-0.25, -0.2) is 13.4 Å². The normalized spacial score (nSPS) is 16.0. The van der Waals surface area contributed by atoms with E-state index < -0.39 is 10.0 Å². The molecule has 0 atom stereocenters. The van der Waals surface area contributed by atoms with Crippen molar-refractivity contribution in [3.63, 3.8) is 0 Å². The van der Waals surface area contributed by atoms with Crippen LogP contribution in [0.4, 0.5) is 0 Å². The molecule has 1 saturated heterocycles. The predicted octanol–water partition coefficient (Wildman–Crippen LogP) is 1.12. The van der Waals surface area contributed by atoms with E-state index in [1.807, 2.05) is 0 Å². The van der Waals surface area contributed by atoms with Crippen LogP contribution >= 0.6 is 11.8 Å². The fraction of sp³-hybridized carbons (Fsp3) is 0.471. The number of amides is 1. The number of ether oxygens (including phenoxy) is 1. The first kappa shape index (κ1) is 20.6. The Labute approximate surface area is 168 Å². The zero-order chi connectivity index (χ0) is 20.0. The van der Waals surface area contributed by atoms with Gasteiger partial charge in [0, 0.05) is 31.3 Å². The van der Waals surface area contributed by atoms with E-state index in [1.54, 1.807) is 24.3 Å². The fourth-order valence-corrected chi connectivity index (χ4v) is 5.09. The van der Waals surface area contributed by atoms with Crippen LogP contribution in [0.15, 0.2) is 40.6 Å². The van der Waals surface area contributed by atoms with E-state index >= 15 is 0 Å². The van der Waals surface area contributed by atoms with Crippen LogP contribution in [-0.4, -0.2) is 66.3 Å². The maximum absolute atomic E-state index is 12.8. The van der Waals surface area contributed by atoms with Gasteiger partial charge >= 0.3 is 0 Å². The summed E-state index contributed by atoms with van der Waals surface area (Å²) in [7, 11) is -2.02. The van der Waals surface area contributed by atoms with Gasteiger partial charge in [0.15, 0.2) is 5.16 Å². The van der Waals surface area contributed by atoms with Crippen LogP contribution < -0.4 is 10.1 Å². The monoisotopic (exact) mass is 425 g/mol. The second kappa shape index (κ2) is 9.39. The summed E-state index contributed by atoms with van der Waals surface area (Å²) in [5.41, 5.74) is 0. The van der Waals surface area contributed by atoms with Crippen molar-refractivity contribution >= 4 is 27.7 Å². The lowest BCUT2D eigenvalue weighted by Gasteiger charge is -2.30. The van der Waals surface area contributed by atoms with Gasteiger partial charge in [0.1, 0.15) is 12.1 Å². The molecule has 2 heterocycles. The van der Waals surface area contributed by atoms with Crippen molar-refractivity contribution in [1.29, 1.82) is 0 Å². The lowest BCUT2D eigenvalue weighted by Crippen LogP contribution is -2.43. The number of thioether (sulfide) groups is 1. The molecular formula is C17H23N5O4S2. The summed E-state index contributed by atoms with van der Waals surface area (Å²) >= 11 is 1.48. The van der Waals surface area contributed by atoms with Gasteiger partial charge in [0.05, 0.1) is 12.0 Å². The van der Waals surface area contributed by atoms with Gasteiger partial charge in [-0.2, -0.15) is 9.40 Å². The van der Waals surface area contributed by atoms with Crippen molar-refractivity contribution in [3.8, 4) is 5.75 Å². The number of nitrogens with one attached hydrogen (secondary N) is 2. The van der Waals surface area contributed by atoms with Crippen molar-refractivity contribution in [3.05, 3.63) is 30.6 Å². The maximum Gasteiger partial charge on any atom is 0.243 e. The van der Waals surface area contributed by atoms with Crippen LogP contribution in [0.1, 0.15) is 12.8 Å². The second-order valence-electron chi connectivity index (χ2n) is 6.28. The Kier molecular flexibility index (Phi) is 6.92. The molecule has 9 nitrogen and oxygen atoms in total. The Morgan fingerprint density at radius 3 is 2.64 bits per heavy atom. The average Bonchev–Trinajstić information content (AvgIpc) is 3.25. The van der Waals surface area contributed by atoms with E-state index in [-0.39, 0.29) is 16.7 Å². The Morgan fingerprint density at radius 2 is 2.04 bits per heavy atom. The van der Waals surface area contributed by atoms with Crippen LogP contribution in [-0.2, 0) is 14.8 Å². The number of aromatic amines is 1. The highest BCUT2D eigenvalue weighted by Gasteiger charge is 2.31. The summed E-state index contributed by atoms with van der Waals surface area (Å²) in [5.74, 6) is 1.10. The van der Waals surface area contributed by atoms with E-state index in [9.17, 15) is 13.2 Å². The number of carbonyl (C=O) groups excluding carboxylic acids is 1. The third kappa shape index (κ3) is 5.03. The molecule has 1 aliphatic heterocycles. The fourth-order valence-electron chi connectivity index (χ4n) is 2.99. The van der Waals surface area contributed by atoms with E-state index in [4.69, 9.17) is 4.74 Å². The molecule has 1 amide bonds. The Hall–Kier alpha value is -2.11. The molecule has 2 N–H and O–H groups in total. The minimum atomic E-state index is -3.56. The third-order valence-corrected chi connectivity index (χ3v) is 7.35. The van der Waals surface area contributed by atoms with Gasteiger partial charge in [-0.3, -0.25) is 9.89 Å². The Bertz CT molecular complexity index is 863. The Morgan fingerprint density at radius 1 is 1.32 bits per heavy atom. The molecule has 0 unspecified atom stereocenters. The highest BCUT2D eigenvalue weighted by Crippen LogP contribution is 2.25. The number of aromatic nitrogens is 3. The van der Waals surface area contributed by atoms with Crippen LogP contribution in [0.3, 0.4) is 0 Å². The number of hydrogen-bond donors (Lipinski definition) is 2. The van der Waals surface area contributed by atoms with Gasteiger partial charge < -0.3 is 10.1 Å². The summed E-state index contributed by atoms with van der Waals surface area (Å²) in [6.07, 6.45) is 2.46. The van der Waals surface area contributed by atoms with Crippen LogP contribution in [0, 0.1) is 5.92 Å². The molecule has 1 fully saturated rings. The largest absolute Gasteiger partial charge is 0.497 e. The molecule has 0 radical (unpaired) electrons. The number of sulfonamides is 1. The van der Waals surface area contributed by atoms with Crippen LogP contribution in [0.2, 0.25) is 0 Å². The molecular weight excluding hydrogens is 402 g/mol. The number of methoxy groups -OCH3 is 1. The average molecular weight is 426 g/mol. The van der Waals surface area contributed by atoms with Crippen LogP contribution in [0.25, 0.3) is 0 Å². The zero-order valence-corrected chi connectivity index (χ0v) is 17.1. The van der Waals surface area contributed by atoms with E-state index in [0.29, 0.717) is 49.1 Å². The number of carbonyl (C=O) groups is 1. The Balaban J connectivity index is 1.45. The van der Waals surface area contributed by atoms with Crippen molar-refractivity contribution in [2.24, 2.45) is 5.92 Å². The lowest BCUT2D eigenvalue weighted by molar-refractivity contribution is -0.125. The number of benzene rings is 1. The molecule has 2 aromatic rings. The number of piperidine rings is 1. The highest BCUT2D eigenvalue weighted by atomic mass is 32.2. The van der Waals surface area contributed by atoms with E-state index in [2.05, 4.69) is 20.5 Å². The minimum Gasteiger partial charge on any atom is -0.497 e. The maximum atomic E-state index is 12.8. The first-order valence-electron chi connectivity index (χ1n) is 8.91. The van der Waals surface area contributed by atoms with Crippen molar-refractivity contribution in [1.82, 2.24) is 24.8 Å². The van der Waals surface area contributed by atoms with Crippen molar-refractivity contribution < 1.29 is 17.9 Å². The molecule has 11 heteroatoms. The topological polar surface area (TPSA) is 117 Å². The predicted molar refractivity (Wildman–Crippen MR) is 105 cm³/mol. The molecule has 1 aliphatic rings. The van der Waals surface area contributed by atoms with Crippen molar-refractivity contribution in [2.75, 3.05) is 32.5 Å². The molecule has 0 saturated carbocycles. The lowest BCUT2D eigenvalue weighted by atomic mass is 9.97. The molecule has 0 bridgehead atoms. The quantitative estimate of drug-likeness (QED) is 0.481.